The Kier molecular flexibility index (Phi) is 10.4. The van der Waals surface area contributed by atoms with Crippen molar-refractivity contribution in [1.82, 2.24) is 19.7 Å². The fourth-order valence-corrected chi connectivity index (χ4v) is 6.50. The van der Waals surface area contributed by atoms with Crippen LogP contribution in [-0.4, -0.2) is 84.8 Å². The first kappa shape index (κ1) is 31.2. The zero-order valence-electron chi connectivity index (χ0n) is 24.1. The van der Waals surface area contributed by atoms with Crippen LogP contribution in [0.4, 0.5) is 9.52 Å². The Labute approximate surface area is 253 Å². The summed E-state index contributed by atoms with van der Waals surface area (Å²) in [5, 5.41) is 3.20. The fourth-order valence-electron chi connectivity index (χ4n) is 4.57. The maximum atomic E-state index is 14.2. The number of benzene rings is 2. The Morgan fingerprint density at radius 3 is 2.62 bits per heavy atom. The lowest BCUT2D eigenvalue weighted by Gasteiger charge is -2.23. The minimum absolute atomic E-state index is 0.136. The molecule has 3 aromatic rings. The van der Waals surface area contributed by atoms with Gasteiger partial charge < -0.3 is 19.4 Å². The highest BCUT2D eigenvalue weighted by Crippen LogP contribution is 2.38. The van der Waals surface area contributed by atoms with Gasteiger partial charge in [0.1, 0.15) is 11.6 Å². The molecule has 1 aliphatic rings. The molecule has 12 heteroatoms. The van der Waals surface area contributed by atoms with E-state index in [2.05, 4.69) is 16.9 Å². The second-order valence-electron chi connectivity index (χ2n) is 10.1. The Morgan fingerprint density at radius 1 is 1.17 bits per heavy atom. The summed E-state index contributed by atoms with van der Waals surface area (Å²) in [5.74, 6) is -0.549. The molecule has 1 aromatic heterocycles. The van der Waals surface area contributed by atoms with Crippen LogP contribution >= 0.6 is 23.1 Å². The number of aryl methyl sites for hydroxylation is 1. The Balaban J connectivity index is 1.48. The van der Waals surface area contributed by atoms with Crippen molar-refractivity contribution in [3.63, 3.8) is 0 Å². The smallest absolute Gasteiger partial charge is 0.257 e. The maximum absolute atomic E-state index is 14.2. The van der Waals surface area contributed by atoms with Crippen LogP contribution in [0.25, 0.3) is 0 Å². The number of hydrogen-bond acceptors (Lipinski definition) is 8. The first-order chi connectivity index (χ1) is 20.1. The van der Waals surface area contributed by atoms with Gasteiger partial charge in [-0.3, -0.25) is 19.7 Å². The number of nitrogens with one attached hydrogen (secondary N) is 1. The van der Waals surface area contributed by atoms with Gasteiger partial charge in [-0.2, -0.15) is 0 Å². The molecule has 0 atom stereocenters. The van der Waals surface area contributed by atoms with Crippen molar-refractivity contribution in [1.29, 1.82) is 0 Å². The molecular weight excluding hydrogens is 577 g/mol. The van der Waals surface area contributed by atoms with Gasteiger partial charge in [-0.25, -0.2) is 9.37 Å². The predicted octanol–water partition coefficient (Wildman–Crippen LogP) is 4.92. The van der Waals surface area contributed by atoms with E-state index in [-0.39, 0.29) is 23.5 Å². The number of thiazole rings is 1. The molecule has 2 aromatic carbocycles. The molecule has 0 bridgehead atoms. The van der Waals surface area contributed by atoms with Crippen molar-refractivity contribution in [3.8, 4) is 5.75 Å². The summed E-state index contributed by atoms with van der Waals surface area (Å²) in [6.45, 7) is 7.83. The van der Waals surface area contributed by atoms with Gasteiger partial charge in [-0.05, 0) is 69.4 Å². The van der Waals surface area contributed by atoms with Crippen molar-refractivity contribution >= 4 is 46.0 Å². The maximum Gasteiger partial charge on any atom is 0.257 e. The average Bonchev–Trinajstić information content (AvgIpc) is 3.25. The van der Waals surface area contributed by atoms with Gasteiger partial charge in [-0.1, -0.05) is 29.7 Å². The van der Waals surface area contributed by atoms with E-state index < -0.39 is 0 Å². The second-order valence-corrected chi connectivity index (χ2v) is 12.5. The summed E-state index contributed by atoms with van der Waals surface area (Å²) in [6, 6.07) is 7.95. The van der Waals surface area contributed by atoms with Gasteiger partial charge in [-0.15, -0.1) is 0 Å². The van der Waals surface area contributed by atoms with E-state index in [4.69, 9.17) is 4.74 Å². The molecule has 0 unspecified atom stereocenters. The topological polar surface area (TPSA) is 95.1 Å². The van der Waals surface area contributed by atoms with Gasteiger partial charge in [0.15, 0.2) is 5.13 Å². The zero-order chi connectivity index (χ0) is 30.4. The Hall–Kier alpha value is -3.74. The van der Waals surface area contributed by atoms with Crippen molar-refractivity contribution in [2.45, 2.75) is 29.0 Å². The van der Waals surface area contributed by atoms with E-state index in [1.54, 1.807) is 22.1 Å². The van der Waals surface area contributed by atoms with Crippen LogP contribution in [0.3, 0.4) is 0 Å². The van der Waals surface area contributed by atoms with E-state index in [1.807, 2.05) is 38.1 Å². The number of carbonyl (C=O) groups excluding carboxylic acids is 3. The number of methoxy groups -OCH3 is 1. The normalized spacial score (nSPS) is 13.6. The monoisotopic (exact) mass is 611 g/mol. The van der Waals surface area contributed by atoms with E-state index >= 15 is 0 Å². The summed E-state index contributed by atoms with van der Waals surface area (Å²) < 4.78 is 20.5. The van der Waals surface area contributed by atoms with Gasteiger partial charge >= 0.3 is 0 Å². The average molecular weight is 612 g/mol. The Bertz CT molecular complexity index is 1490. The van der Waals surface area contributed by atoms with Crippen molar-refractivity contribution in [3.05, 3.63) is 77.3 Å². The number of rotatable bonds is 9. The minimum Gasteiger partial charge on any atom is -0.496 e. The molecule has 0 saturated carbocycles. The van der Waals surface area contributed by atoms with Gasteiger partial charge in [0.2, 0.25) is 5.91 Å². The third-order valence-corrected chi connectivity index (χ3v) is 8.88. The molecule has 1 fully saturated rings. The third kappa shape index (κ3) is 7.55. The van der Waals surface area contributed by atoms with Crippen LogP contribution in [0, 0.1) is 12.7 Å². The van der Waals surface area contributed by atoms with E-state index in [9.17, 15) is 18.8 Å². The second kappa shape index (κ2) is 14.0. The van der Waals surface area contributed by atoms with Crippen LogP contribution in [-0.2, 0) is 11.3 Å². The number of halogens is 1. The minimum atomic E-state index is -0.375. The van der Waals surface area contributed by atoms with Crippen molar-refractivity contribution in [2.24, 2.45) is 0 Å². The van der Waals surface area contributed by atoms with Gasteiger partial charge in [0.25, 0.3) is 11.8 Å². The molecule has 0 radical (unpaired) electrons. The lowest BCUT2D eigenvalue weighted by molar-refractivity contribution is -0.125. The van der Waals surface area contributed by atoms with Crippen LogP contribution < -0.4 is 10.1 Å². The zero-order valence-corrected chi connectivity index (χ0v) is 25.7. The molecule has 0 spiro atoms. The fraction of sp³-hybridized carbons (Fsp3) is 0.333. The molecule has 42 heavy (non-hydrogen) atoms. The molecule has 0 aliphatic carbocycles. The first-order valence-corrected chi connectivity index (χ1v) is 15.0. The molecule has 222 valence electrons. The van der Waals surface area contributed by atoms with Gasteiger partial charge in [0, 0.05) is 48.7 Å². The molecule has 9 nitrogen and oxygen atoms in total. The quantitative estimate of drug-likeness (QED) is 0.343. The lowest BCUT2D eigenvalue weighted by atomic mass is 10.1. The van der Waals surface area contributed by atoms with E-state index in [1.165, 1.54) is 48.4 Å². The molecule has 3 amide bonds. The van der Waals surface area contributed by atoms with Gasteiger partial charge in [0.05, 0.1) is 23.1 Å². The SMILES string of the molecule is C=CC(=O)N1CCCN(C(=O)c2cc(Sc3cnc(NC(=O)c4ccc(F)c(CN(C)C)c4)s3)c(C)cc2OC)CC1. The molecule has 1 N–H and O–H groups in total. The number of nitrogens with zero attached hydrogens (tertiary/aromatic N) is 4. The van der Waals surface area contributed by atoms with Crippen LogP contribution in [0.15, 0.2) is 58.3 Å². The number of ether oxygens (including phenoxy) is 1. The Morgan fingerprint density at radius 2 is 1.90 bits per heavy atom. The highest BCUT2D eigenvalue weighted by molar-refractivity contribution is 8.01. The largest absolute Gasteiger partial charge is 0.496 e. The van der Waals surface area contributed by atoms with E-state index in [0.29, 0.717) is 66.7 Å². The number of amides is 3. The molecule has 1 saturated heterocycles. The first-order valence-electron chi connectivity index (χ1n) is 13.4. The number of hydrogen-bond donors (Lipinski definition) is 1. The summed E-state index contributed by atoms with van der Waals surface area (Å²) >= 11 is 2.74. The molecule has 2 heterocycles. The molecule has 4 rings (SSSR count). The van der Waals surface area contributed by atoms with Crippen LogP contribution in [0.2, 0.25) is 0 Å². The summed E-state index contributed by atoms with van der Waals surface area (Å²) in [4.78, 5) is 49.0. The van der Waals surface area contributed by atoms with Crippen LogP contribution in [0.1, 0.15) is 38.3 Å². The molecular formula is C30H34FN5O4S2. The third-order valence-electron chi connectivity index (χ3n) is 6.71. The number of carbonyl (C=O) groups is 3. The van der Waals surface area contributed by atoms with E-state index in [0.717, 1.165) is 14.7 Å². The van der Waals surface area contributed by atoms with Crippen LogP contribution in [0.5, 0.6) is 5.75 Å². The highest BCUT2D eigenvalue weighted by atomic mass is 32.2. The lowest BCUT2D eigenvalue weighted by Crippen LogP contribution is -2.36. The highest BCUT2D eigenvalue weighted by Gasteiger charge is 2.25. The number of anilines is 1. The summed E-state index contributed by atoms with van der Waals surface area (Å²) in [5.41, 5.74) is 2.14. The predicted molar refractivity (Wildman–Crippen MR) is 163 cm³/mol. The summed E-state index contributed by atoms with van der Waals surface area (Å²) in [6.07, 6.45) is 3.63. The standard InChI is InChI=1S/C30H34FN5O4S2/c1-6-26(37)35-10-7-11-36(13-12-35)29(39)22-16-25(19(2)14-24(22)40-5)41-27-17-32-30(42-27)33-28(38)20-8-9-23(31)21(15-20)18-34(3)4/h6,8-9,14-17H,1,7,10-13,18H2,2-5H3,(H,32,33,38). The number of aromatic nitrogens is 1. The van der Waals surface area contributed by atoms with Crippen molar-refractivity contribution in [2.75, 3.05) is 52.7 Å². The summed E-state index contributed by atoms with van der Waals surface area (Å²) in [7, 11) is 5.20. The van der Waals surface area contributed by atoms with Crippen molar-refractivity contribution < 1.29 is 23.5 Å². The molecule has 1 aliphatic heterocycles.